The Kier molecular flexibility index (Phi) is 7.22. The molecule has 0 spiro atoms. The number of nitriles is 1. The van der Waals surface area contributed by atoms with Crippen molar-refractivity contribution in [3.63, 3.8) is 0 Å². The first kappa shape index (κ1) is 24.9. The molecule has 9 nitrogen and oxygen atoms in total. The van der Waals surface area contributed by atoms with E-state index in [1.165, 1.54) is 10.9 Å². The highest BCUT2D eigenvalue weighted by Gasteiger charge is 2.32. The number of carbonyl (C=O) groups excluding carboxylic acids is 2. The Balaban J connectivity index is 1.24. The summed E-state index contributed by atoms with van der Waals surface area (Å²) in [5, 5.41) is 9.87. The van der Waals surface area contributed by atoms with Crippen LogP contribution in [0.1, 0.15) is 17.5 Å². The molecule has 10 heteroatoms. The molecule has 2 aromatic carbocycles. The summed E-state index contributed by atoms with van der Waals surface area (Å²) in [5.41, 5.74) is 2.44. The molecule has 0 radical (unpaired) electrons. The van der Waals surface area contributed by atoms with E-state index in [0.29, 0.717) is 67.3 Å². The van der Waals surface area contributed by atoms with Gasteiger partial charge in [0.15, 0.2) is 5.78 Å². The summed E-state index contributed by atoms with van der Waals surface area (Å²) >= 11 is 6.21. The van der Waals surface area contributed by atoms with Crippen LogP contribution in [-0.2, 0) is 27.3 Å². The van der Waals surface area contributed by atoms with E-state index in [1.807, 2.05) is 29.2 Å². The average molecular weight is 520 g/mol. The SMILES string of the molecule is N#Cc1ccc(CCC(=O)Cn2cnc3ccc(N4CCN(C(=O)C5COC5)CC4)cc3c2=O)c(Cl)c1. The molecule has 0 saturated carbocycles. The number of ether oxygens (including phenoxy) is 1. The van der Waals surface area contributed by atoms with Gasteiger partial charge in [0.05, 0.1) is 54.5 Å². The number of nitrogens with zero attached hydrogens (tertiary/aromatic N) is 5. The monoisotopic (exact) mass is 519 g/mol. The van der Waals surface area contributed by atoms with Gasteiger partial charge in [-0.3, -0.25) is 19.0 Å². The quantitative estimate of drug-likeness (QED) is 0.471. The highest BCUT2D eigenvalue weighted by Crippen LogP contribution is 2.22. The number of fused-ring (bicyclic) bond motifs is 1. The third-order valence-electron chi connectivity index (χ3n) is 6.95. The van der Waals surface area contributed by atoms with E-state index in [4.69, 9.17) is 21.6 Å². The number of amides is 1. The van der Waals surface area contributed by atoms with Gasteiger partial charge in [-0.2, -0.15) is 5.26 Å². The fourth-order valence-corrected chi connectivity index (χ4v) is 4.92. The number of aromatic nitrogens is 2. The third-order valence-corrected chi connectivity index (χ3v) is 7.31. The zero-order chi connectivity index (χ0) is 25.9. The summed E-state index contributed by atoms with van der Waals surface area (Å²) < 4.78 is 6.48. The number of hydrogen-bond acceptors (Lipinski definition) is 7. The predicted molar refractivity (Wildman–Crippen MR) is 139 cm³/mol. The van der Waals surface area contributed by atoms with E-state index in [-0.39, 0.29) is 36.1 Å². The van der Waals surface area contributed by atoms with Crippen LogP contribution in [0.2, 0.25) is 5.02 Å². The maximum Gasteiger partial charge on any atom is 0.261 e. The Morgan fingerprint density at radius 1 is 1.11 bits per heavy atom. The highest BCUT2D eigenvalue weighted by atomic mass is 35.5. The van der Waals surface area contributed by atoms with E-state index in [9.17, 15) is 14.4 Å². The van der Waals surface area contributed by atoms with Crippen LogP contribution in [0.5, 0.6) is 0 Å². The zero-order valence-electron chi connectivity index (χ0n) is 20.2. The smallest absolute Gasteiger partial charge is 0.261 e. The highest BCUT2D eigenvalue weighted by molar-refractivity contribution is 6.31. The largest absolute Gasteiger partial charge is 0.380 e. The van der Waals surface area contributed by atoms with Crippen LogP contribution >= 0.6 is 11.6 Å². The maximum atomic E-state index is 13.2. The minimum Gasteiger partial charge on any atom is -0.380 e. The van der Waals surface area contributed by atoms with Crippen molar-refractivity contribution in [3.8, 4) is 6.07 Å². The fraction of sp³-hybridized carbons (Fsp3) is 0.370. The van der Waals surface area contributed by atoms with Gasteiger partial charge < -0.3 is 14.5 Å². The lowest BCUT2D eigenvalue weighted by Crippen LogP contribution is -2.53. The minimum absolute atomic E-state index is 0.0134. The van der Waals surface area contributed by atoms with Gasteiger partial charge in [-0.15, -0.1) is 0 Å². The Morgan fingerprint density at radius 3 is 2.57 bits per heavy atom. The zero-order valence-corrected chi connectivity index (χ0v) is 21.0. The van der Waals surface area contributed by atoms with Crippen LogP contribution in [0.25, 0.3) is 10.9 Å². The number of halogens is 1. The molecule has 2 saturated heterocycles. The predicted octanol–water partition coefficient (Wildman–Crippen LogP) is 2.42. The molecule has 2 aliphatic rings. The van der Waals surface area contributed by atoms with Crippen molar-refractivity contribution in [3.05, 3.63) is 69.2 Å². The van der Waals surface area contributed by atoms with E-state index in [2.05, 4.69) is 9.88 Å². The number of anilines is 1. The van der Waals surface area contributed by atoms with Gasteiger partial charge in [0.2, 0.25) is 5.91 Å². The van der Waals surface area contributed by atoms with Gasteiger partial charge in [0.1, 0.15) is 0 Å². The van der Waals surface area contributed by atoms with Gasteiger partial charge in [-0.05, 0) is 42.3 Å². The fourth-order valence-electron chi connectivity index (χ4n) is 4.64. The van der Waals surface area contributed by atoms with E-state index in [0.717, 1.165) is 11.3 Å². The Hall–Kier alpha value is -3.74. The molecule has 37 heavy (non-hydrogen) atoms. The number of benzene rings is 2. The van der Waals surface area contributed by atoms with Crippen molar-refractivity contribution in [1.82, 2.24) is 14.5 Å². The topological polar surface area (TPSA) is 109 Å². The van der Waals surface area contributed by atoms with Crippen molar-refractivity contribution >= 4 is 39.9 Å². The van der Waals surface area contributed by atoms with Crippen molar-refractivity contribution in [2.24, 2.45) is 5.92 Å². The van der Waals surface area contributed by atoms with Crippen LogP contribution in [0.4, 0.5) is 5.69 Å². The molecule has 0 aliphatic carbocycles. The molecular weight excluding hydrogens is 494 g/mol. The van der Waals surface area contributed by atoms with Crippen LogP contribution in [0.15, 0.2) is 47.5 Å². The summed E-state index contributed by atoms with van der Waals surface area (Å²) in [6.45, 7) is 3.55. The molecular formula is C27H26ClN5O4. The van der Waals surface area contributed by atoms with Crippen molar-refractivity contribution in [1.29, 1.82) is 5.26 Å². The molecule has 3 heterocycles. The first-order valence-corrected chi connectivity index (χ1v) is 12.6. The van der Waals surface area contributed by atoms with Gasteiger partial charge in [0, 0.05) is 43.3 Å². The third kappa shape index (κ3) is 5.36. The number of piperazine rings is 1. The lowest BCUT2D eigenvalue weighted by atomic mass is 10.1. The molecule has 0 N–H and O–H groups in total. The summed E-state index contributed by atoms with van der Waals surface area (Å²) in [4.78, 5) is 46.7. The number of hydrogen-bond donors (Lipinski definition) is 0. The molecule has 0 bridgehead atoms. The molecule has 5 rings (SSSR count). The molecule has 0 unspecified atom stereocenters. The second-order valence-corrected chi connectivity index (χ2v) is 9.79. The van der Waals surface area contributed by atoms with Gasteiger partial charge in [0.25, 0.3) is 5.56 Å². The maximum absolute atomic E-state index is 13.2. The summed E-state index contributed by atoms with van der Waals surface area (Å²) in [5.74, 6) is 0.0284. The molecule has 1 amide bonds. The van der Waals surface area contributed by atoms with Crippen LogP contribution < -0.4 is 10.5 Å². The Bertz CT molecular complexity index is 1450. The van der Waals surface area contributed by atoms with E-state index < -0.39 is 0 Å². The van der Waals surface area contributed by atoms with Crippen LogP contribution in [0.3, 0.4) is 0 Å². The molecule has 2 aliphatic heterocycles. The first-order chi connectivity index (χ1) is 17.9. The summed E-state index contributed by atoms with van der Waals surface area (Å²) in [6, 6.07) is 12.6. The van der Waals surface area contributed by atoms with Gasteiger partial charge >= 0.3 is 0 Å². The van der Waals surface area contributed by atoms with Crippen molar-refractivity contribution in [2.75, 3.05) is 44.3 Å². The molecule has 3 aromatic rings. The number of rotatable bonds is 7. The minimum atomic E-state index is -0.268. The summed E-state index contributed by atoms with van der Waals surface area (Å²) in [6.07, 6.45) is 2.04. The van der Waals surface area contributed by atoms with Crippen LogP contribution in [-0.4, -0.2) is 65.5 Å². The second-order valence-electron chi connectivity index (χ2n) is 9.38. The lowest BCUT2D eigenvalue weighted by Gasteiger charge is -2.39. The van der Waals surface area contributed by atoms with Crippen molar-refractivity contribution < 1.29 is 14.3 Å². The lowest BCUT2D eigenvalue weighted by molar-refractivity contribution is -0.150. The second kappa shape index (κ2) is 10.7. The average Bonchev–Trinajstić information content (AvgIpc) is 2.88. The molecule has 2 fully saturated rings. The molecule has 0 atom stereocenters. The Labute approximate surface area is 218 Å². The normalized spacial score (nSPS) is 15.9. The Morgan fingerprint density at radius 2 is 1.89 bits per heavy atom. The van der Waals surface area contributed by atoms with Gasteiger partial charge in [-0.25, -0.2) is 4.98 Å². The van der Waals surface area contributed by atoms with Gasteiger partial charge in [-0.1, -0.05) is 17.7 Å². The van der Waals surface area contributed by atoms with Crippen LogP contribution in [0, 0.1) is 17.2 Å². The van der Waals surface area contributed by atoms with Crippen molar-refractivity contribution in [2.45, 2.75) is 19.4 Å². The number of aryl methyl sites for hydroxylation is 1. The van der Waals surface area contributed by atoms with E-state index >= 15 is 0 Å². The number of Topliss-reactive ketones (excluding diaryl/α,β-unsaturated/α-hetero) is 1. The number of ketones is 1. The number of carbonyl (C=O) groups is 2. The first-order valence-electron chi connectivity index (χ1n) is 12.2. The summed E-state index contributed by atoms with van der Waals surface area (Å²) in [7, 11) is 0. The molecule has 1 aromatic heterocycles. The van der Waals surface area contributed by atoms with E-state index in [1.54, 1.807) is 18.2 Å². The molecule has 190 valence electrons. The standard InChI is InChI=1S/C27H26ClN5O4/c28-24-11-18(13-29)1-2-19(24)3-5-22(34)14-33-17-30-25-6-4-21(12-23(25)27(33)36)31-7-9-32(10-8-31)26(35)20-15-37-16-20/h1-2,4,6,11-12,17,20H,3,5,7-10,14-16H2.